The predicted molar refractivity (Wildman–Crippen MR) is 73.8 cm³/mol. The Kier molecular flexibility index (Phi) is 5.50. The summed E-state index contributed by atoms with van der Waals surface area (Å²) in [5.41, 5.74) is 5.39. The van der Waals surface area contributed by atoms with Gasteiger partial charge in [0, 0.05) is 7.05 Å². The number of nitrogens with zero attached hydrogens (tertiary/aromatic N) is 1. The van der Waals surface area contributed by atoms with Crippen LogP contribution in [-0.4, -0.2) is 46.0 Å². The average Bonchev–Trinajstić information content (AvgIpc) is 2.38. The summed E-state index contributed by atoms with van der Waals surface area (Å²) in [5, 5.41) is 0. The van der Waals surface area contributed by atoms with Crippen LogP contribution in [0.4, 0.5) is 10.1 Å². The molecule has 0 heterocycles. The van der Waals surface area contributed by atoms with Crippen molar-refractivity contribution < 1.29 is 27.1 Å². The van der Waals surface area contributed by atoms with E-state index in [0.717, 1.165) is 16.4 Å². The van der Waals surface area contributed by atoms with E-state index in [2.05, 4.69) is 4.74 Å². The van der Waals surface area contributed by atoms with E-state index in [0.29, 0.717) is 0 Å². The number of methoxy groups -OCH3 is 1. The number of sulfonamides is 1. The molecule has 118 valence electrons. The zero-order valence-corrected chi connectivity index (χ0v) is 12.7. The molecule has 1 rings (SSSR count). The Morgan fingerprint density at radius 3 is 2.52 bits per heavy atom. The minimum atomic E-state index is -4.07. The standard InChI is InChI=1S/C12H17FN2O5S/c1-4-20-11(16)7-15(2)21(17,18)8-5-9(13)12(19-3)10(14)6-8/h5-6H,4,7,14H2,1-3H3. The van der Waals surface area contributed by atoms with Gasteiger partial charge in [0.05, 0.1) is 24.3 Å². The second-order valence-corrected chi connectivity index (χ2v) is 6.14. The summed E-state index contributed by atoms with van der Waals surface area (Å²) >= 11 is 0. The molecule has 0 amide bonds. The van der Waals surface area contributed by atoms with E-state index in [1.165, 1.54) is 14.2 Å². The van der Waals surface area contributed by atoms with E-state index in [1.54, 1.807) is 6.92 Å². The van der Waals surface area contributed by atoms with Crippen LogP contribution in [0.15, 0.2) is 17.0 Å². The van der Waals surface area contributed by atoms with Crippen LogP contribution in [-0.2, 0) is 19.6 Å². The van der Waals surface area contributed by atoms with Crippen molar-refractivity contribution in [1.29, 1.82) is 0 Å². The Hall–Kier alpha value is -1.87. The quantitative estimate of drug-likeness (QED) is 0.609. The number of carbonyl (C=O) groups is 1. The molecule has 0 aliphatic rings. The van der Waals surface area contributed by atoms with Gasteiger partial charge in [-0.3, -0.25) is 4.79 Å². The van der Waals surface area contributed by atoms with Crippen LogP contribution in [0.25, 0.3) is 0 Å². The third-order valence-electron chi connectivity index (χ3n) is 2.62. The van der Waals surface area contributed by atoms with E-state index in [-0.39, 0.29) is 22.9 Å². The van der Waals surface area contributed by atoms with E-state index in [9.17, 15) is 17.6 Å². The number of likely N-dealkylation sites (N-methyl/N-ethyl adjacent to an activating group) is 1. The fourth-order valence-electron chi connectivity index (χ4n) is 1.61. The van der Waals surface area contributed by atoms with Gasteiger partial charge < -0.3 is 15.2 Å². The van der Waals surface area contributed by atoms with E-state index >= 15 is 0 Å². The Labute approximate surface area is 122 Å². The summed E-state index contributed by atoms with van der Waals surface area (Å²) in [4.78, 5) is 10.9. The molecule has 0 bridgehead atoms. The molecule has 0 aliphatic carbocycles. The Bertz CT molecular complexity index is 610. The maximum absolute atomic E-state index is 13.7. The summed E-state index contributed by atoms with van der Waals surface area (Å²) in [6.07, 6.45) is 0. The second-order valence-electron chi connectivity index (χ2n) is 4.09. The lowest BCUT2D eigenvalue weighted by Gasteiger charge is -2.17. The van der Waals surface area contributed by atoms with Gasteiger partial charge in [0.25, 0.3) is 0 Å². The third-order valence-corrected chi connectivity index (χ3v) is 4.40. The largest absolute Gasteiger partial charge is 0.492 e. The lowest BCUT2D eigenvalue weighted by Crippen LogP contribution is -2.33. The molecule has 2 N–H and O–H groups in total. The first-order chi connectivity index (χ1) is 9.73. The summed E-state index contributed by atoms with van der Waals surface area (Å²) in [6, 6.07) is 1.85. The highest BCUT2D eigenvalue weighted by atomic mass is 32.2. The molecule has 0 atom stereocenters. The van der Waals surface area contributed by atoms with Crippen LogP contribution >= 0.6 is 0 Å². The number of benzene rings is 1. The minimum Gasteiger partial charge on any atom is -0.492 e. The molecule has 0 spiro atoms. The maximum Gasteiger partial charge on any atom is 0.321 e. The first-order valence-electron chi connectivity index (χ1n) is 5.99. The van der Waals surface area contributed by atoms with E-state index < -0.39 is 28.4 Å². The van der Waals surface area contributed by atoms with Gasteiger partial charge >= 0.3 is 5.97 Å². The van der Waals surface area contributed by atoms with Crippen LogP contribution in [0.2, 0.25) is 0 Å². The fraction of sp³-hybridized carbons (Fsp3) is 0.417. The normalized spacial score (nSPS) is 11.5. The molecule has 0 saturated heterocycles. The Balaban J connectivity index is 3.11. The predicted octanol–water partition coefficient (Wildman–Crippen LogP) is 0.600. The lowest BCUT2D eigenvalue weighted by molar-refractivity contribution is -0.143. The van der Waals surface area contributed by atoms with Crippen molar-refractivity contribution >= 4 is 21.7 Å². The third kappa shape index (κ3) is 3.82. The number of rotatable bonds is 6. The molecule has 1 aromatic rings. The van der Waals surface area contributed by atoms with Gasteiger partial charge in [-0.15, -0.1) is 0 Å². The monoisotopic (exact) mass is 320 g/mol. The van der Waals surface area contributed by atoms with Crippen LogP contribution in [0.1, 0.15) is 6.92 Å². The molecule has 0 aliphatic heterocycles. The average molecular weight is 320 g/mol. The molecule has 7 nitrogen and oxygen atoms in total. The van der Waals surface area contributed by atoms with Gasteiger partial charge in [-0.1, -0.05) is 0 Å². The molecule has 0 aromatic heterocycles. The fourth-order valence-corrected chi connectivity index (χ4v) is 2.77. The van der Waals surface area contributed by atoms with Crippen molar-refractivity contribution in [3.8, 4) is 5.75 Å². The molecule has 0 fully saturated rings. The van der Waals surface area contributed by atoms with Crippen LogP contribution in [0.3, 0.4) is 0 Å². The number of anilines is 1. The number of ether oxygens (including phenoxy) is 2. The Morgan fingerprint density at radius 1 is 1.43 bits per heavy atom. The molecule has 0 unspecified atom stereocenters. The van der Waals surface area contributed by atoms with Crippen LogP contribution in [0.5, 0.6) is 5.75 Å². The van der Waals surface area contributed by atoms with Gasteiger partial charge in [-0.2, -0.15) is 4.31 Å². The van der Waals surface area contributed by atoms with Crippen molar-refractivity contribution in [2.24, 2.45) is 0 Å². The lowest BCUT2D eigenvalue weighted by atomic mass is 10.3. The van der Waals surface area contributed by atoms with Crippen molar-refractivity contribution in [2.75, 3.05) is 33.0 Å². The number of hydrogen-bond acceptors (Lipinski definition) is 6. The second kappa shape index (κ2) is 6.72. The van der Waals surface area contributed by atoms with Crippen molar-refractivity contribution in [2.45, 2.75) is 11.8 Å². The molecule has 21 heavy (non-hydrogen) atoms. The van der Waals surface area contributed by atoms with Gasteiger partial charge in [0.15, 0.2) is 11.6 Å². The van der Waals surface area contributed by atoms with Crippen molar-refractivity contribution in [1.82, 2.24) is 4.31 Å². The Morgan fingerprint density at radius 2 is 2.05 bits per heavy atom. The van der Waals surface area contributed by atoms with Gasteiger partial charge in [0.2, 0.25) is 10.0 Å². The number of halogens is 1. The molecule has 9 heteroatoms. The zero-order valence-electron chi connectivity index (χ0n) is 11.9. The van der Waals surface area contributed by atoms with Crippen LogP contribution < -0.4 is 10.5 Å². The number of nitrogen functional groups attached to an aromatic ring is 1. The zero-order chi connectivity index (χ0) is 16.2. The van der Waals surface area contributed by atoms with E-state index in [4.69, 9.17) is 10.5 Å². The number of hydrogen-bond donors (Lipinski definition) is 1. The minimum absolute atomic E-state index is 0.136. The van der Waals surface area contributed by atoms with Gasteiger partial charge in [0.1, 0.15) is 6.54 Å². The summed E-state index contributed by atoms with van der Waals surface area (Å²) < 4.78 is 48.3. The van der Waals surface area contributed by atoms with Crippen molar-refractivity contribution in [3.63, 3.8) is 0 Å². The van der Waals surface area contributed by atoms with Crippen LogP contribution in [0, 0.1) is 5.82 Å². The molecular weight excluding hydrogens is 303 g/mol. The number of carbonyl (C=O) groups excluding carboxylic acids is 1. The summed E-state index contributed by atoms with van der Waals surface area (Å²) in [5.74, 6) is -1.84. The number of nitrogens with two attached hydrogens (primary N) is 1. The first-order valence-corrected chi connectivity index (χ1v) is 7.43. The SMILES string of the molecule is CCOC(=O)CN(C)S(=O)(=O)c1cc(N)c(OC)c(F)c1. The van der Waals surface area contributed by atoms with Crippen molar-refractivity contribution in [3.05, 3.63) is 17.9 Å². The maximum atomic E-state index is 13.7. The summed E-state index contributed by atoms with van der Waals surface area (Å²) in [7, 11) is -1.66. The highest BCUT2D eigenvalue weighted by Gasteiger charge is 2.25. The summed E-state index contributed by atoms with van der Waals surface area (Å²) in [6.45, 7) is 1.26. The van der Waals surface area contributed by atoms with Gasteiger partial charge in [-0.25, -0.2) is 12.8 Å². The molecule has 0 radical (unpaired) electrons. The molecule has 1 aromatic carbocycles. The molecular formula is C12H17FN2O5S. The highest BCUT2D eigenvalue weighted by molar-refractivity contribution is 7.89. The smallest absolute Gasteiger partial charge is 0.321 e. The topological polar surface area (TPSA) is 98.9 Å². The molecule has 0 saturated carbocycles. The first kappa shape index (κ1) is 17.2. The highest BCUT2D eigenvalue weighted by Crippen LogP contribution is 2.29. The van der Waals surface area contributed by atoms with E-state index in [1.807, 2.05) is 0 Å². The van der Waals surface area contributed by atoms with Gasteiger partial charge in [-0.05, 0) is 19.1 Å². The number of esters is 1.